The SMILES string of the molecule is CCCc1nc2c(n1CC(=O)NC1CC1)CCNC2. The maximum absolute atomic E-state index is 12.0. The molecule has 5 nitrogen and oxygen atoms in total. The molecule has 1 aromatic rings. The van der Waals surface area contributed by atoms with E-state index in [9.17, 15) is 4.79 Å². The van der Waals surface area contributed by atoms with Gasteiger partial charge in [-0.3, -0.25) is 4.79 Å². The van der Waals surface area contributed by atoms with Gasteiger partial charge in [-0.2, -0.15) is 0 Å². The van der Waals surface area contributed by atoms with Crippen molar-refractivity contribution in [1.82, 2.24) is 20.2 Å². The molecule has 1 amide bonds. The Morgan fingerprint density at radius 1 is 1.53 bits per heavy atom. The molecule has 0 aromatic carbocycles. The molecule has 5 heteroatoms. The van der Waals surface area contributed by atoms with Gasteiger partial charge in [-0.05, 0) is 19.3 Å². The molecule has 2 N–H and O–H groups in total. The van der Waals surface area contributed by atoms with E-state index in [2.05, 4.69) is 22.1 Å². The predicted octanol–water partition coefficient (Wildman–Crippen LogP) is 0.760. The standard InChI is InChI=1S/C14H22N4O/c1-2-3-13-17-11-8-15-7-6-12(11)18(13)9-14(19)16-10-4-5-10/h10,15H,2-9H2,1H3,(H,16,19). The number of aromatic nitrogens is 2. The van der Waals surface area contributed by atoms with Crippen LogP contribution in [0.15, 0.2) is 0 Å². The van der Waals surface area contributed by atoms with Crippen LogP contribution in [0, 0.1) is 0 Å². The fraction of sp³-hybridized carbons (Fsp3) is 0.714. The first-order chi connectivity index (χ1) is 9.28. The van der Waals surface area contributed by atoms with Crippen LogP contribution < -0.4 is 10.6 Å². The van der Waals surface area contributed by atoms with Crippen molar-refractivity contribution in [2.75, 3.05) is 6.54 Å². The summed E-state index contributed by atoms with van der Waals surface area (Å²) in [6.45, 7) is 4.41. The van der Waals surface area contributed by atoms with E-state index in [0.29, 0.717) is 12.6 Å². The molecule has 0 saturated heterocycles. The summed E-state index contributed by atoms with van der Waals surface area (Å²) in [5.41, 5.74) is 2.39. The molecule has 1 aromatic heterocycles. The van der Waals surface area contributed by atoms with E-state index < -0.39 is 0 Å². The van der Waals surface area contributed by atoms with Gasteiger partial charge in [0, 0.05) is 37.7 Å². The van der Waals surface area contributed by atoms with Crippen LogP contribution >= 0.6 is 0 Å². The molecule has 0 atom stereocenters. The zero-order valence-electron chi connectivity index (χ0n) is 11.5. The minimum atomic E-state index is 0.138. The first kappa shape index (κ1) is 12.7. The zero-order valence-corrected chi connectivity index (χ0v) is 11.5. The molecule has 1 aliphatic heterocycles. The first-order valence-electron chi connectivity index (χ1n) is 7.35. The highest BCUT2D eigenvalue weighted by molar-refractivity contribution is 5.76. The summed E-state index contributed by atoms with van der Waals surface area (Å²) >= 11 is 0. The Kier molecular flexibility index (Phi) is 3.55. The summed E-state index contributed by atoms with van der Waals surface area (Å²) in [6.07, 6.45) is 5.26. The van der Waals surface area contributed by atoms with Gasteiger partial charge in [0.15, 0.2) is 0 Å². The van der Waals surface area contributed by atoms with E-state index in [1.54, 1.807) is 0 Å². The van der Waals surface area contributed by atoms with Crippen molar-refractivity contribution >= 4 is 5.91 Å². The summed E-state index contributed by atoms with van der Waals surface area (Å²) in [6, 6.07) is 0.433. The lowest BCUT2D eigenvalue weighted by Crippen LogP contribution is -2.32. The number of hydrogen-bond acceptors (Lipinski definition) is 3. The molecule has 0 bridgehead atoms. The van der Waals surface area contributed by atoms with Crippen molar-refractivity contribution in [3.05, 3.63) is 17.2 Å². The Morgan fingerprint density at radius 2 is 2.37 bits per heavy atom. The van der Waals surface area contributed by atoms with E-state index in [1.165, 1.54) is 5.69 Å². The van der Waals surface area contributed by atoms with Gasteiger partial charge in [0.2, 0.25) is 5.91 Å². The molecule has 0 radical (unpaired) electrons. The number of hydrogen-bond donors (Lipinski definition) is 2. The number of aryl methyl sites for hydroxylation is 1. The van der Waals surface area contributed by atoms with E-state index in [1.807, 2.05) is 0 Å². The van der Waals surface area contributed by atoms with Gasteiger partial charge in [-0.15, -0.1) is 0 Å². The molecule has 1 saturated carbocycles. The maximum Gasteiger partial charge on any atom is 0.240 e. The van der Waals surface area contributed by atoms with Crippen molar-refractivity contribution in [2.45, 2.75) is 58.2 Å². The number of nitrogens with zero attached hydrogens (tertiary/aromatic N) is 2. The maximum atomic E-state index is 12.0. The van der Waals surface area contributed by atoms with Crippen LogP contribution in [-0.4, -0.2) is 28.0 Å². The van der Waals surface area contributed by atoms with Gasteiger partial charge in [0.1, 0.15) is 12.4 Å². The van der Waals surface area contributed by atoms with Gasteiger partial charge >= 0.3 is 0 Å². The van der Waals surface area contributed by atoms with E-state index in [0.717, 1.165) is 56.7 Å². The number of nitrogens with one attached hydrogen (secondary N) is 2. The van der Waals surface area contributed by atoms with E-state index >= 15 is 0 Å². The van der Waals surface area contributed by atoms with Gasteiger partial charge in [0.25, 0.3) is 0 Å². The highest BCUT2D eigenvalue weighted by Crippen LogP contribution is 2.20. The summed E-state index contributed by atoms with van der Waals surface area (Å²) in [5.74, 6) is 1.21. The van der Waals surface area contributed by atoms with Crippen molar-refractivity contribution in [3.8, 4) is 0 Å². The van der Waals surface area contributed by atoms with Gasteiger partial charge in [-0.25, -0.2) is 4.98 Å². The number of amides is 1. The predicted molar refractivity (Wildman–Crippen MR) is 72.8 cm³/mol. The summed E-state index contributed by atoms with van der Waals surface area (Å²) in [7, 11) is 0. The van der Waals surface area contributed by atoms with Crippen LogP contribution in [0.5, 0.6) is 0 Å². The average molecular weight is 262 g/mol. The molecular weight excluding hydrogens is 240 g/mol. The Hall–Kier alpha value is -1.36. The molecule has 2 heterocycles. The molecule has 0 unspecified atom stereocenters. The Morgan fingerprint density at radius 3 is 3.11 bits per heavy atom. The van der Waals surface area contributed by atoms with Crippen LogP contribution in [0.3, 0.4) is 0 Å². The number of fused-ring (bicyclic) bond motifs is 1. The van der Waals surface area contributed by atoms with Crippen molar-refractivity contribution in [1.29, 1.82) is 0 Å². The molecule has 0 spiro atoms. The fourth-order valence-corrected chi connectivity index (χ4v) is 2.67. The second-order valence-electron chi connectivity index (χ2n) is 5.53. The molecule has 3 rings (SSSR count). The highest BCUT2D eigenvalue weighted by atomic mass is 16.2. The largest absolute Gasteiger partial charge is 0.352 e. The van der Waals surface area contributed by atoms with Gasteiger partial charge < -0.3 is 15.2 Å². The minimum Gasteiger partial charge on any atom is -0.352 e. The lowest BCUT2D eigenvalue weighted by molar-refractivity contribution is -0.121. The number of rotatable bonds is 5. The topological polar surface area (TPSA) is 59.0 Å². The van der Waals surface area contributed by atoms with Crippen LogP contribution in [-0.2, 0) is 30.7 Å². The molecule has 2 aliphatic rings. The second kappa shape index (κ2) is 5.33. The molecule has 1 aliphatic carbocycles. The summed E-state index contributed by atoms with van der Waals surface area (Å²) in [4.78, 5) is 16.7. The summed E-state index contributed by atoms with van der Waals surface area (Å²) in [5, 5.41) is 6.41. The van der Waals surface area contributed by atoms with Crippen LogP contribution in [0.4, 0.5) is 0 Å². The van der Waals surface area contributed by atoms with Crippen LogP contribution in [0.1, 0.15) is 43.4 Å². The van der Waals surface area contributed by atoms with Gasteiger partial charge in [0.05, 0.1) is 5.69 Å². The zero-order chi connectivity index (χ0) is 13.2. The smallest absolute Gasteiger partial charge is 0.240 e. The monoisotopic (exact) mass is 262 g/mol. The molecule has 1 fully saturated rings. The quantitative estimate of drug-likeness (QED) is 0.823. The van der Waals surface area contributed by atoms with Crippen molar-refractivity contribution < 1.29 is 4.79 Å². The van der Waals surface area contributed by atoms with E-state index in [-0.39, 0.29) is 5.91 Å². The first-order valence-corrected chi connectivity index (χ1v) is 7.35. The van der Waals surface area contributed by atoms with Crippen molar-refractivity contribution in [2.24, 2.45) is 0 Å². The molecule has 104 valence electrons. The number of carbonyl (C=O) groups excluding carboxylic acids is 1. The van der Waals surface area contributed by atoms with Crippen LogP contribution in [0.2, 0.25) is 0 Å². The highest BCUT2D eigenvalue weighted by Gasteiger charge is 2.25. The molecular formula is C14H22N4O. The third kappa shape index (κ3) is 2.81. The van der Waals surface area contributed by atoms with E-state index in [4.69, 9.17) is 4.98 Å². The average Bonchev–Trinajstić information content (AvgIpc) is 3.14. The van der Waals surface area contributed by atoms with Crippen LogP contribution in [0.25, 0.3) is 0 Å². The summed E-state index contributed by atoms with van der Waals surface area (Å²) < 4.78 is 2.15. The number of carbonyl (C=O) groups is 1. The lowest BCUT2D eigenvalue weighted by Gasteiger charge is -2.16. The Balaban J connectivity index is 1.79. The lowest BCUT2D eigenvalue weighted by atomic mass is 10.2. The Bertz CT molecular complexity index is 476. The Labute approximate surface area is 113 Å². The van der Waals surface area contributed by atoms with Gasteiger partial charge in [-0.1, -0.05) is 6.92 Å². The van der Waals surface area contributed by atoms with Crippen molar-refractivity contribution in [3.63, 3.8) is 0 Å². The fourth-order valence-electron chi connectivity index (χ4n) is 2.67. The second-order valence-corrected chi connectivity index (χ2v) is 5.53. The normalized spacial score (nSPS) is 18.2. The third-order valence-corrected chi connectivity index (χ3v) is 3.78. The number of imidazole rings is 1. The minimum absolute atomic E-state index is 0.138. The molecule has 19 heavy (non-hydrogen) atoms. The third-order valence-electron chi connectivity index (χ3n) is 3.78.